The maximum Gasteiger partial charge on any atom is 0.243 e. The van der Waals surface area contributed by atoms with Gasteiger partial charge in [-0.15, -0.1) is 0 Å². The lowest BCUT2D eigenvalue weighted by Crippen LogP contribution is -2.50. The summed E-state index contributed by atoms with van der Waals surface area (Å²) in [5.41, 5.74) is 6.59. The fraction of sp³-hybridized carbons (Fsp3) is 0.500. The molecule has 5 nitrogen and oxygen atoms in total. The molecular weight excluding hydrogens is 308 g/mol. The second kappa shape index (κ2) is 5.64. The summed E-state index contributed by atoms with van der Waals surface area (Å²) in [6.45, 7) is 6.67. The highest BCUT2D eigenvalue weighted by Crippen LogP contribution is 2.24. The third-order valence-electron chi connectivity index (χ3n) is 3.49. The fourth-order valence-electron chi connectivity index (χ4n) is 2.40. The van der Waals surface area contributed by atoms with Gasteiger partial charge in [0.15, 0.2) is 0 Å². The van der Waals surface area contributed by atoms with E-state index in [9.17, 15) is 8.42 Å². The van der Waals surface area contributed by atoms with Gasteiger partial charge >= 0.3 is 0 Å². The first-order valence-corrected chi connectivity index (χ1v) is 8.53. The van der Waals surface area contributed by atoms with Crippen LogP contribution in [0.15, 0.2) is 23.1 Å². The van der Waals surface area contributed by atoms with Crippen molar-refractivity contribution in [2.45, 2.75) is 31.3 Å². The minimum absolute atomic E-state index is 0.262. The van der Waals surface area contributed by atoms with Crippen LogP contribution >= 0.6 is 12.2 Å². The zero-order chi connectivity index (χ0) is 15.8. The average Bonchev–Trinajstić information content (AvgIpc) is 2.36. The van der Waals surface area contributed by atoms with Crippen LogP contribution in [-0.4, -0.2) is 43.0 Å². The van der Waals surface area contributed by atoms with E-state index >= 15 is 0 Å². The predicted molar refractivity (Wildman–Crippen MR) is 85.9 cm³/mol. The van der Waals surface area contributed by atoms with Crippen molar-refractivity contribution in [3.05, 3.63) is 29.3 Å². The Morgan fingerprint density at radius 3 is 2.62 bits per heavy atom. The van der Waals surface area contributed by atoms with Crippen LogP contribution in [0.5, 0.6) is 0 Å². The number of nitrogens with two attached hydrogens (primary N) is 1. The van der Waals surface area contributed by atoms with Gasteiger partial charge in [-0.1, -0.05) is 18.3 Å². The largest absolute Gasteiger partial charge is 0.389 e. The Kier molecular flexibility index (Phi) is 4.39. The van der Waals surface area contributed by atoms with Gasteiger partial charge in [-0.05, 0) is 38.5 Å². The molecule has 1 fully saturated rings. The molecule has 1 aromatic carbocycles. The van der Waals surface area contributed by atoms with E-state index in [1.807, 2.05) is 13.8 Å². The van der Waals surface area contributed by atoms with Crippen LogP contribution in [0.4, 0.5) is 0 Å². The van der Waals surface area contributed by atoms with E-state index < -0.39 is 15.6 Å². The van der Waals surface area contributed by atoms with Gasteiger partial charge in [-0.2, -0.15) is 4.31 Å². The van der Waals surface area contributed by atoms with Crippen molar-refractivity contribution in [2.24, 2.45) is 5.73 Å². The molecule has 7 heteroatoms. The summed E-state index contributed by atoms with van der Waals surface area (Å²) in [5, 5.41) is 0. The van der Waals surface area contributed by atoms with E-state index in [2.05, 4.69) is 0 Å². The maximum absolute atomic E-state index is 12.7. The molecule has 0 unspecified atom stereocenters. The normalized spacial score (nSPS) is 19.4. The Labute approximate surface area is 131 Å². The minimum atomic E-state index is -3.53. The number of aryl methyl sites for hydroxylation is 1. The molecule has 1 aromatic rings. The first kappa shape index (κ1) is 16.4. The van der Waals surface area contributed by atoms with E-state index in [1.54, 1.807) is 25.1 Å². The molecule has 2 rings (SSSR count). The maximum atomic E-state index is 12.7. The average molecular weight is 328 g/mol. The van der Waals surface area contributed by atoms with Gasteiger partial charge in [0.05, 0.1) is 17.1 Å². The zero-order valence-electron chi connectivity index (χ0n) is 12.4. The number of rotatable bonds is 3. The summed E-state index contributed by atoms with van der Waals surface area (Å²) in [6.07, 6.45) is 0. The van der Waals surface area contributed by atoms with Crippen LogP contribution in [0, 0.1) is 6.92 Å². The van der Waals surface area contributed by atoms with Crippen LogP contribution in [0.1, 0.15) is 25.0 Å². The first-order valence-electron chi connectivity index (χ1n) is 6.68. The number of sulfonamides is 1. The van der Waals surface area contributed by atoms with Gasteiger partial charge in [0.2, 0.25) is 10.0 Å². The van der Waals surface area contributed by atoms with Crippen molar-refractivity contribution in [2.75, 3.05) is 19.7 Å². The number of nitrogens with zero attached hydrogens (tertiary/aromatic N) is 1. The predicted octanol–water partition coefficient (Wildman–Crippen LogP) is 1.43. The van der Waals surface area contributed by atoms with E-state index in [-0.39, 0.29) is 9.88 Å². The summed E-state index contributed by atoms with van der Waals surface area (Å²) >= 11 is 4.94. The summed E-state index contributed by atoms with van der Waals surface area (Å²) in [5.74, 6) is 0. The van der Waals surface area contributed by atoms with E-state index in [0.29, 0.717) is 25.3 Å². The molecule has 1 aliphatic heterocycles. The molecule has 0 radical (unpaired) electrons. The molecule has 0 bridgehead atoms. The van der Waals surface area contributed by atoms with E-state index in [4.69, 9.17) is 22.7 Å². The van der Waals surface area contributed by atoms with Crippen LogP contribution in [0.25, 0.3) is 0 Å². The van der Waals surface area contributed by atoms with Crippen molar-refractivity contribution in [3.8, 4) is 0 Å². The lowest BCUT2D eigenvalue weighted by molar-refractivity contribution is -0.0640. The van der Waals surface area contributed by atoms with Crippen LogP contribution < -0.4 is 5.73 Å². The van der Waals surface area contributed by atoms with Crippen LogP contribution in [0.3, 0.4) is 0 Å². The topological polar surface area (TPSA) is 72.6 Å². The first-order chi connectivity index (χ1) is 9.63. The van der Waals surface area contributed by atoms with Crippen LogP contribution in [-0.2, 0) is 14.8 Å². The highest BCUT2D eigenvalue weighted by molar-refractivity contribution is 7.89. The van der Waals surface area contributed by atoms with Gasteiger partial charge in [-0.25, -0.2) is 8.42 Å². The Morgan fingerprint density at radius 1 is 1.43 bits per heavy atom. The van der Waals surface area contributed by atoms with Crippen LogP contribution in [0.2, 0.25) is 0 Å². The Balaban J connectivity index is 2.36. The Hall–Kier alpha value is -1.02. The Bertz CT molecular complexity index is 669. The molecule has 2 N–H and O–H groups in total. The minimum Gasteiger partial charge on any atom is -0.389 e. The molecule has 0 aliphatic carbocycles. The summed E-state index contributed by atoms with van der Waals surface area (Å²) in [4.78, 5) is 0.529. The highest BCUT2D eigenvalue weighted by Gasteiger charge is 2.35. The monoisotopic (exact) mass is 328 g/mol. The van der Waals surface area contributed by atoms with E-state index in [1.165, 1.54) is 4.31 Å². The molecule has 116 valence electrons. The number of hydrogen-bond donors (Lipinski definition) is 1. The standard InChI is InChI=1S/C14H20N2O3S2/c1-10-8-11(4-5-12(10)13(15)20)21(17,18)16-6-7-19-14(2,3)9-16/h4-5,8H,6-7,9H2,1-3H3,(H2,15,20). The molecule has 0 saturated carbocycles. The smallest absolute Gasteiger partial charge is 0.243 e. The summed E-state index contributed by atoms with van der Waals surface area (Å²) in [7, 11) is -3.53. The number of ether oxygens (including phenoxy) is 1. The van der Waals surface area contributed by atoms with Crippen molar-refractivity contribution >= 4 is 27.2 Å². The van der Waals surface area contributed by atoms with Gasteiger partial charge in [0.1, 0.15) is 4.99 Å². The molecule has 0 spiro atoms. The summed E-state index contributed by atoms with van der Waals surface area (Å²) in [6, 6.07) is 4.84. The van der Waals surface area contributed by atoms with Gasteiger partial charge in [0, 0.05) is 18.7 Å². The second-order valence-electron chi connectivity index (χ2n) is 5.79. The number of benzene rings is 1. The molecule has 1 heterocycles. The highest BCUT2D eigenvalue weighted by atomic mass is 32.2. The molecule has 21 heavy (non-hydrogen) atoms. The van der Waals surface area contributed by atoms with Gasteiger partial charge in [0.25, 0.3) is 0 Å². The lowest BCUT2D eigenvalue weighted by atomic mass is 10.1. The van der Waals surface area contributed by atoms with Gasteiger partial charge in [-0.3, -0.25) is 0 Å². The SMILES string of the molecule is Cc1cc(S(=O)(=O)N2CCOC(C)(C)C2)ccc1C(N)=S. The Morgan fingerprint density at radius 2 is 2.10 bits per heavy atom. The molecule has 1 aliphatic rings. The number of morpholine rings is 1. The molecular formula is C14H20N2O3S2. The third kappa shape index (κ3) is 3.42. The molecule has 0 atom stereocenters. The molecule has 1 saturated heterocycles. The summed E-state index contributed by atoms with van der Waals surface area (Å²) < 4.78 is 32.5. The fourth-order valence-corrected chi connectivity index (χ4v) is 4.29. The number of hydrogen-bond acceptors (Lipinski definition) is 4. The lowest BCUT2D eigenvalue weighted by Gasteiger charge is -2.37. The number of thiocarbonyl (C=S) groups is 1. The van der Waals surface area contributed by atoms with E-state index in [0.717, 1.165) is 5.56 Å². The second-order valence-corrected chi connectivity index (χ2v) is 8.17. The molecule has 0 aromatic heterocycles. The quantitative estimate of drug-likeness (QED) is 0.850. The van der Waals surface area contributed by atoms with Crippen molar-refractivity contribution in [1.29, 1.82) is 0 Å². The van der Waals surface area contributed by atoms with Crippen molar-refractivity contribution in [3.63, 3.8) is 0 Å². The van der Waals surface area contributed by atoms with Crippen molar-refractivity contribution < 1.29 is 13.2 Å². The zero-order valence-corrected chi connectivity index (χ0v) is 14.1. The third-order valence-corrected chi connectivity index (χ3v) is 5.55. The molecule has 0 amide bonds. The van der Waals surface area contributed by atoms with Crippen molar-refractivity contribution in [1.82, 2.24) is 4.31 Å². The van der Waals surface area contributed by atoms with Gasteiger partial charge < -0.3 is 10.5 Å².